The summed E-state index contributed by atoms with van der Waals surface area (Å²) >= 11 is 5.89. The Balaban J connectivity index is 1.54. The predicted molar refractivity (Wildman–Crippen MR) is 121 cm³/mol. The van der Waals surface area contributed by atoms with Gasteiger partial charge in [-0.25, -0.2) is 9.97 Å². The molecule has 2 heterocycles. The molecule has 2 aromatic heterocycles. The summed E-state index contributed by atoms with van der Waals surface area (Å²) in [7, 11) is 0. The molecule has 0 saturated carbocycles. The summed E-state index contributed by atoms with van der Waals surface area (Å²) in [6.07, 6.45) is -3.23. The lowest BCUT2D eigenvalue weighted by atomic mass is 10.1. The molecular formula is C23H16ClF3N6O. The van der Waals surface area contributed by atoms with E-state index in [9.17, 15) is 13.2 Å². The van der Waals surface area contributed by atoms with Gasteiger partial charge in [-0.3, -0.25) is 0 Å². The number of nitrogens with one attached hydrogen (secondary N) is 1. The van der Waals surface area contributed by atoms with Crippen LogP contribution in [0.2, 0.25) is 5.02 Å². The fourth-order valence-corrected chi connectivity index (χ4v) is 2.97. The molecule has 0 radical (unpaired) electrons. The van der Waals surface area contributed by atoms with Crippen LogP contribution in [0, 0.1) is 0 Å². The lowest BCUT2D eigenvalue weighted by Crippen LogP contribution is -2.16. The van der Waals surface area contributed by atoms with Gasteiger partial charge in [0, 0.05) is 17.8 Å². The summed E-state index contributed by atoms with van der Waals surface area (Å²) in [5.74, 6) is 0.783. The Hall–Kier alpha value is -4.05. The molecule has 2 aromatic carbocycles. The Morgan fingerprint density at radius 1 is 0.912 bits per heavy atom. The third kappa shape index (κ3) is 6.72. The first kappa shape index (κ1) is 23.1. The number of nitrogens with zero attached hydrogens (tertiary/aromatic N) is 5. The highest BCUT2D eigenvalue weighted by Crippen LogP contribution is 2.25. The van der Waals surface area contributed by atoms with Gasteiger partial charge in [0.15, 0.2) is 0 Å². The van der Waals surface area contributed by atoms with Crippen LogP contribution in [-0.4, -0.2) is 21.3 Å². The Labute approximate surface area is 197 Å². The maximum absolute atomic E-state index is 12.3. The van der Waals surface area contributed by atoms with Gasteiger partial charge in [-0.2, -0.15) is 10.1 Å². The number of benzene rings is 2. The van der Waals surface area contributed by atoms with Crippen molar-refractivity contribution in [1.82, 2.24) is 15.0 Å². The van der Waals surface area contributed by atoms with Gasteiger partial charge in [-0.15, -0.1) is 18.3 Å². The Morgan fingerprint density at radius 3 is 2.35 bits per heavy atom. The summed E-state index contributed by atoms with van der Waals surface area (Å²) in [6.45, 7) is 0.118. The molecular weight excluding hydrogens is 469 g/mol. The van der Waals surface area contributed by atoms with Crippen molar-refractivity contribution in [3.8, 4) is 17.0 Å². The van der Waals surface area contributed by atoms with Gasteiger partial charge in [-0.1, -0.05) is 54.1 Å². The van der Waals surface area contributed by atoms with Gasteiger partial charge in [0.2, 0.25) is 0 Å². The van der Waals surface area contributed by atoms with Gasteiger partial charge < -0.3 is 10.1 Å². The number of azo groups is 1. The summed E-state index contributed by atoms with van der Waals surface area (Å²) in [4.78, 5) is 13.0. The van der Waals surface area contributed by atoms with Gasteiger partial charge in [0.25, 0.3) is 5.95 Å². The van der Waals surface area contributed by atoms with Gasteiger partial charge in [-0.05, 0) is 29.8 Å². The standard InChI is InChI=1S/C23H16ClF3N6O/c24-17-8-11-20(28-14-17)31-21-12-19(16-4-2-1-3-5-16)30-22(32-21)33-29-13-15-6-9-18(10-7-15)34-23(25,26)27/h1-12,14H,13H2,(H,28,30,31,32). The molecule has 11 heteroatoms. The van der Waals surface area contributed by atoms with E-state index >= 15 is 0 Å². The van der Waals surface area contributed by atoms with E-state index < -0.39 is 6.36 Å². The second kappa shape index (κ2) is 10.3. The SMILES string of the molecule is FC(F)(F)Oc1ccc(CN=Nc2nc(Nc3ccc(Cl)cn3)cc(-c3ccccc3)n2)cc1. The maximum Gasteiger partial charge on any atom is 0.573 e. The fraction of sp³-hybridized carbons (Fsp3) is 0.0870. The quantitative estimate of drug-likeness (QED) is 0.282. The molecule has 4 aromatic rings. The molecule has 0 unspecified atom stereocenters. The van der Waals surface area contributed by atoms with Gasteiger partial charge in [0.1, 0.15) is 17.4 Å². The minimum absolute atomic E-state index is 0.106. The number of rotatable bonds is 7. The first-order valence-corrected chi connectivity index (χ1v) is 10.3. The highest BCUT2D eigenvalue weighted by atomic mass is 35.5. The van der Waals surface area contributed by atoms with Crippen molar-refractivity contribution >= 4 is 29.2 Å². The second-order valence-electron chi connectivity index (χ2n) is 6.88. The summed E-state index contributed by atoms with van der Waals surface area (Å²) in [5.41, 5.74) is 2.12. The molecule has 0 fully saturated rings. The molecule has 7 nitrogen and oxygen atoms in total. The van der Waals surface area contributed by atoms with Crippen LogP contribution in [0.5, 0.6) is 5.75 Å². The van der Waals surface area contributed by atoms with Crippen LogP contribution in [0.1, 0.15) is 5.56 Å². The van der Waals surface area contributed by atoms with Crippen molar-refractivity contribution in [3.63, 3.8) is 0 Å². The van der Waals surface area contributed by atoms with Crippen LogP contribution >= 0.6 is 11.6 Å². The molecule has 0 aliphatic heterocycles. The van der Waals surface area contributed by atoms with Crippen molar-refractivity contribution < 1.29 is 17.9 Å². The molecule has 0 saturated heterocycles. The number of alkyl halides is 3. The number of halogens is 4. The highest BCUT2D eigenvalue weighted by molar-refractivity contribution is 6.30. The van der Waals surface area contributed by atoms with Crippen molar-refractivity contribution in [1.29, 1.82) is 0 Å². The zero-order chi connectivity index (χ0) is 24.0. The van der Waals surface area contributed by atoms with Crippen LogP contribution in [0.15, 0.2) is 89.2 Å². The van der Waals surface area contributed by atoms with Crippen LogP contribution in [0.4, 0.5) is 30.8 Å². The average Bonchev–Trinajstić information content (AvgIpc) is 2.81. The monoisotopic (exact) mass is 484 g/mol. The third-order valence-electron chi connectivity index (χ3n) is 4.34. The van der Waals surface area contributed by atoms with Crippen molar-refractivity contribution in [2.45, 2.75) is 12.9 Å². The topological polar surface area (TPSA) is 84.7 Å². The third-order valence-corrected chi connectivity index (χ3v) is 4.56. The predicted octanol–water partition coefficient (Wildman–Crippen LogP) is 7.12. The van der Waals surface area contributed by atoms with E-state index in [1.807, 2.05) is 30.3 Å². The summed E-state index contributed by atoms with van der Waals surface area (Å²) in [6, 6.07) is 20.0. The average molecular weight is 485 g/mol. The van der Waals surface area contributed by atoms with E-state index in [-0.39, 0.29) is 18.2 Å². The maximum atomic E-state index is 12.3. The summed E-state index contributed by atoms with van der Waals surface area (Å²) < 4.78 is 40.7. The molecule has 0 aliphatic carbocycles. The number of ether oxygens (including phenoxy) is 1. The van der Waals surface area contributed by atoms with E-state index in [1.54, 1.807) is 18.2 Å². The van der Waals surface area contributed by atoms with Crippen LogP contribution < -0.4 is 10.1 Å². The fourth-order valence-electron chi connectivity index (χ4n) is 2.86. The van der Waals surface area contributed by atoms with E-state index in [0.29, 0.717) is 27.9 Å². The van der Waals surface area contributed by atoms with E-state index in [4.69, 9.17) is 11.6 Å². The number of hydrogen-bond acceptors (Lipinski definition) is 7. The van der Waals surface area contributed by atoms with E-state index in [0.717, 1.165) is 5.56 Å². The zero-order valence-corrected chi connectivity index (χ0v) is 18.1. The van der Waals surface area contributed by atoms with E-state index in [2.05, 4.69) is 35.2 Å². The zero-order valence-electron chi connectivity index (χ0n) is 17.4. The molecule has 4 rings (SSSR count). The molecule has 0 bridgehead atoms. The smallest absolute Gasteiger partial charge is 0.406 e. The Kier molecular flexibility index (Phi) is 6.98. The van der Waals surface area contributed by atoms with Crippen LogP contribution in [-0.2, 0) is 6.54 Å². The highest BCUT2D eigenvalue weighted by Gasteiger charge is 2.30. The summed E-state index contributed by atoms with van der Waals surface area (Å²) in [5, 5.41) is 11.8. The first-order chi connectivity index (χ1) is 16.3. The molecule has 34 heavy (non-hydrogen) atoms. The largest absolute Gasteiger partial charge is 0.573 e. The molecule has 172 valence electrons. The van der Waals surface area contributed by atoms with Crippen LogP contribution in [0.3, 0.4) is 0 Å². The van der Waals surface area contributed by atoms with E-state index in [1.165, 1.54) is 30.5 Å². The minimum Gasteiger partial charge on any atom is -0.406 e. The van der Waals surface area contributed by atoms with Gasteiger partial charge >= 0.3 is 6.36 Å². The number of aromatic nitrogens is 3. The number of hydrogen-bond donors (Lipinski definition) is 1. The molecule has 0 spiro atoms. The molecule has 0 aliphatic rings. The molecule has 0 atom stereocenters. The second-order valence-corrected chi connectivity index (χ2v) is 7.32. The first-order valence-electron chi connectivity index (χ1n) is 9.89. The minimum atomic E-state index is -4.74. The van der Waals surface area contributed by atoms with Gasteiger partial charge in [0.05, 0.1) is 17.3 Å². The lowest BCUT2D eigenvalue weighted by molar-refractivity contribution is -0.274. The van der Waals surface area contributed by atoms with Crippen molar-refractivity contribution in [2.24, 2.45) is 10.2 Å². The van der Waals surface area contributed by atoms with Crippen LogP contribution in [0.25, 0.3) is 11.3 Å². The Morgan fingerprint density at radius 2 is 1.68 bits per heavy atom. The molecule has 0 amide bonds. The molecule has 1 N–H and O–H groups in total. The number of pyridine rings is 1. The Bertz CT molecular complexity index is 1270. The normalized spacial score (nSPS) is 11.5. The lowest BCUT2D eigenvalue weighted by Gasteiger charge is -2.09. The van der Waals surface area contributed by atoms with Crippen molar-refractivity contribution in [2.75, 3.05) is 5.32 Å². The van der Waals surface area contributed by atoms with Crippen molar-refractivity contribution in [3.05, 3.63) is 89.6 Å². The number of anilines is 2.